The molecule has 0 N–H and O–H groups in total. The van der Waals surface area contributed by atoms with Crippen molar-refractivity contribution in [1.82, 2.24) is 0 Å². The highest BCUT2D eigenvalue weighted by Crippen LogP contribution is 2.25. The molecule has 2 aromatic rings. The van der Waals surface area contributed by atoms with Crippen LogP contribution in [0.25, 0.3) is 6.08 Å². The molecule has 0 atom stereocenters. The summed E-state index contributed by atoms with van der Waals surface area (Å²) in [5.41, 5.74) is 1.41. The van der Waals surface area contributed by atoms with E-state index in [1.165, 1.54) is 6.08 Å². The minimum atomic E-state index is -0.0765. The first kappa shape index (κ1) is 15.3. The summed E-state index contributed by atoms with van der Waals surface area (Å²) in [5.74, 6) is 1.32. The number of methoxy groups -OCH3 is 2. The van der Waals surface area contributed by atoms with Crippen molar-refractivity contribution in [1.29, 1.82) is 0 Å². The van der Waals surface area contributed by atoms with Gasteiger partial charge in [-0.25, -0.2) is 0 Å². The fourth-order valence-corrected chi connectivity index (χ4v) is 2.37. The molecule has 3 nitrogen and oxygen atoms in total. The topological polar surface area (TPSA) is 35.5 Å². The minimum Gasteiger partial charge on any atom is -0.497 e. The van der Waals surface area contributed by atoms with Crippen LogP contribution in [0.2, 0.25) is 0 Å². The van der Waals surface area contributed by atoms with Crippen LogP contribution in [0.4, 0.5) is 0 Å². The van der Waals surface area contributed by atoms with E-state index in [1.807, 2.05) is 30.3 Å². The van der Waals surface area contributed by atoms with Gasteiger partial charge in [-0.3, -0.25) is 4.79 Å². The number of hydrogen-bond donors (Lipinski definition) is 0. The summed E-state index contributed by atoms with van der Waals surface area (Å²) in [7, 11) is 3.19. The van der Waals surface area contributed by atoms with Gasteiger partial charge in [0.15, 0.2) is 5.78 Å². The largest absolute Gasteiger partial charge is 0.497 e. The zero-order valence-corrected chi connectivity index (χ0v) is 13.4. The molecule has 0 aromatic heterocycles. The van der Waals surface area contributed by atoms with E-state index in [1.54, 1.807) is 32.4 Å². The molecule has 0 saturated heterocycles. The van der Waals surface area contributed by atoms with E-state index in [0.717, 1.165) is 10.0 Å². The van der Waals surface area contributed by atoms with E-state index < -0.39 is 0 Å². The Morgan fingerprint density at radius 3 is 2.52 bits per heavy atom. The molecule has 0 bridgehead atoms. The molecular formula is C17H15BrO3. The molecule has 0 radical (unpaired) electrons. The van der Waals surface area contributed by atoms with Gasteiger partial charge in [-0.15, -0.1) is 0 Å². The van der Waals surface area contributed by atoms with Gasteiger partial charge in [0.05, 0.1) is 14.2 Å². The van der Waals surface area contributed by atoms with E-state index in [4.69, 9.17) is 9.47 Å². The van der Waals surface area contributed by atoms with E-state index in [2.05, 4.69) is 15.9 Å². The monoisotopic (exact) mass is 346 g/mol. The van der Waals surface area contributed by atoms with Gasteiger partial charge in [-0.1, -0.05) is 28.1 Å². The smallest absolute Gasteiger partial charge is 0.186 e. The number of carbonyl (C=O) groups excluding carboxylic acids is 1. The van der Waals surface area contributed by atoms with Crippen LogP contribution >= 0.6 is 15.9 Å². The summed E-state index contributed by atoms with van der Waals surface area (Å²) in [6.07, 6.45) is 3.25. The average Bonchev–Trinajstić information content (AvgIpc) is 2.52. The Kier molecular flexibility index (Phi) is 5.17. The summed E-state index contributed by atoms with van der Waals surface area (Å²) in [6.45, 7) is 0. The third kappa shape index (κ3) is 3.73. The van der Waals surface area contributed by atoms with Crippen LogP contribution < -0.4 is 9.47 Å². The lowest BCUT2D eigenvalue weighted by atomic mass is 10.1. The summed E-state index contributed by atoms with van der Waals surface area (Å²) in [4.78, 5) is 12.2. The van der Waals surface area contributed by atoms with Gasteiger partial charge < -0.3 is 9.47 Å². The number of benzene rings is 2. The minimum absolute atomic E-state index is 0.0765. The van der Waals surface area contributed by atoms with Gasteiger partial charge >= 0.3 is 0 Å². The standard InChI is InChI=1S/C17H15BrO3/c1-20-13-8-10-17(21-2)12(11-13)7-9-16(19)14-5-3-4-6-15(14)18/h3-11H,1-2H3. The molecule has 108 valence electrons. The predicted molar refractivity (Wildman–Crippen MR) is 87.1 cm³/mol. The Morgan fingerprint density at radius 1 is 1.10 bits per heavy atom. The van der Waals surface area contributed by atoms with Gasteiger partial charge in [0.1, 0.15) is 11.5 Å². The van der Waals surface area contributed by atoms with Crippen LogP contribution in [0.1, 0.15) is 15.9 Å². The van der Waals surface area contributed by atoms with Crippen molar-refractivity contribution < 1.29 is 14.3 Å². The lowest BCUT2D eigenvalue weighted by Gasteiger charge is -2.07. The molecule has 0 unspecified atom stereocenters. The second-order valence-electron chi connectivity index (χ2n) is 4.29. The lowest BCUT2D eigenvalue weighted by molar-refractivity contribution is 0.104. The molecule has 2 rings (SSSR count). The first-order valence-electron chi connectivity index (χ1n) is 6.34. The Bertz CT molecular complexity index is 677. The maximum atomic E-state index is 12.2. The molecule has 0 fully saturated rings. The molecule has 0 aliphatic carbocycles. The molecular weight excluding hydrogens is 332 g/mol. The number of allylic oxidation sites excluding steroid dienone is 1. The number of carbonyl (C=O) groups is 1. The van der Waals surface area contributed by atoms with E-state index in [9.17, 15) is 4.79 Å². The van der Waals surface area contributed by atoms with Crippen LogP contribution in [0.15, 0.2) is 53.0 Å². The quantitative estimate of drug-likeness (QED) is 0.595. The van der Waals surface area contributed by atoms with Crippen molar-refractivity contribution >= 4 is 27.8 Å². The second-order valence-corrected chi connectivity index (χ2v) is 5.14. The highest BCUT2D eigenvalue weighted by Gasteiger charge is 2.07. The van der Waals surface area contributed by atoms with Gasteiger partial charge in [0.25, 0.3) is 0 Å². The van der Waals surface area contributed by atoms with Gasteiger partial charge in [-0.2, -0.15) is 0 Å². The van der Waals surface area contributed by atoms with Crippen LogP contribution in [-0.4, -0.2) is 20.0 Å². The number of rotatable bonds is 5. The molecule has 0 saturated carbocycles. The normalized spacial score (nSPS) is 10.6. The first-order valence-corrected chi connectivity index (χ1v) is 7.14. The summed E-state index contributed by atoms with van der Waals surface area (Å²) in [5, 5.41) is 0. The number of hydrogen-bond acceptors (Lipinski definition) is 3. The summed E-state index contributed by atoms with van der Waals surface area (Å²) in [6, 6.07) is 12.8. The van der Waals surface area contributed by atoms with Crippen molar-refractivity contribution in [2.45, 2.75) is 0 Å². The summed E-state index contributed by atoms with van der Waals surface area (Å²) >= 11 is 3.37. The highest BCUT2D eigenvalue weighted by molar-refractivity contribution is 9.10. The molecule has 2 aromatic carbocycles. The molecule has 0 aliphatic rings. The van der Waals surface area contributed by atoms with E-state index in [-0.39, 0.29) is 5.78 Å². The van der Waals surface area contributed by atoms with Crippen molar-refractivity contribution in [3.05, 3.63) is 64.1 Å². The maximum Gasteiger partial charge on any atom is 0.186 e. The van der Waals surface area contributed by atoms with Crippen molar-refractivity contribution in [2.75, 3.05) is 14.2 Å². The molecule has 4 heteroatoms. The average molecular weight is 347 g/mol. The van der Waals surface area contributed by atoms with Gasteiger partial charge in [0, 0.05) is 15.6 Å². The molecule has 0 amide bonds. The van der Waals surface area contributed by atoms with Crippen LogP contribution in [0.5, 0.6) is 11.5 Å². The van der Waals surface area contributed by atoms with Crippen LogP contribution in [0.3, 0.4) is 0 Å². The van der Waals surface area contributed by atoms with E-state index >= 15 is 0 Å². The molecule has 0 spiro atoms. The molecule has 0 aliphatic heterocycles. The maximum absolute atomic E-state index is 12.2. The summed E-state index contributed by atoms with van der Waals surface area (Å²) < 4.78 is 11.2. The van der Waals surface area contributed by atoms with Gasteiger partial charge in [0.2, 0.25) is 0 Å². The number of halogens is 1. The zero-order chi connectivity index (χ0) is 15.2. The lowest BCUT2D eigenvalue weighted by Crippen LogP contribution is -1.95. The van der Waals surface area contributed by atoms with Crippen molar-refractivity contribution in [3.8, 4) is 11.5 Å². The second kappa shape index (κ2) is 7.09. The molecule has 0 heterocycles. The Morgan fingerprint density at radius 2 is 1.86 bits per heavy atom. The van der Waals surface area contributed by atoms with Crippen molar-refractivity contribution in [2.24, 2.45) is 0 Å². The Hall–Kier alpha value is -2.07. The Balaban J connectivity index is 2.29. The molecule has 21 heavy (non-hydrogen) atoms. The fraction of sp³-hybridized carbons (Fsp3) is 0.118. The predicted octanol–water partition coefficient (Wildman–Crippen LogP) is 4.36. The fourth-order valence-electron chi connectivity index (χ4n) is 1.89. The van der Waals surface area contributed by atoms with Crippen LogP contribution in [-0.2, 0) is 0 Å². The third-order valence-corrected chi connectivity index (χ3v) is 3.68. The number of ether oxygens (including phenoxy) is 2. The highest BCUT2D eigenvalue weighted by atomic mass is 79.9. The van der Waals surface area contributed by atoms with Crippen LogP contribution in [0, 0.1) is 0 Å². The first-order chi connectivity index (χ1) is 10.2. The Labute approximate surface area is 132 Å². The SMILES string of the molecule is COc1ccc(OC)c(C=CC(=O)c2ccccc2Br)c1. The third-order valence-electron chi connectivity index (χ3n) is 2.99. The zero-order valence-electron chi connectivity index (χ0n) is 11.8. The number of ketones is 1. The van der Waals surface area contributed by atoms with Crippen molar-refractivity contribution in [3.63, 3.8) is 0 Å². The van der Waals surface area contributed by atoms with Gasteiger partial charge in [-0.05, 0) is 42.5 Å². The van der Waals surface area contributed by atoms with E-state index in [0.29, 0.717) is 17.1 Å².